The largest absolute Gasteiger partial charge is 0.507 e. The van der Waals surface area contributed by atoms with Gasteiger partial charge in [-0.2, -0.15) is 0 Å². The molecule has 0 heterocycles. The van der Waals surface area contributed by atoms with Crippen LogP contribution in [0.3, 0.4) is 0 Å². The molecule has 0 amide bonds. The minimum atomic E-state index is 0.339. The Balaban J connectivity index is 2.44. The van der Waals surface area contributed by atoms with E-state index in [2.05, 4.69) is 0 Å². The zero-order valence-corrected chi connectivity index (χ0v) is 9.06. The lowest BCUT2D eigenvalue weighted by Gasteiger charge is -2.04. The highest BCUT2D eigenvalue weighted by Crippen LogP contribution is 2.29. The highest BCUT2D eigenvalue weighted by Gasteiger charge is 2.02. The lowest BCUT2D eigenvalue weighted by Crippen LogP contribution is -1.94. The smallest absolute Gasteiger partial charge is 0.130 e. The van der Waals surface area contributed by atoms with E-state index in [0.29, 0.717) is 12.3 Å². The van der Waals surface area contributed by atoms with Gasteiger partial charge in [0.25, 0.3) is 0 Å². The number of fused-ring (bicyclic) bond motifs is 1. The topological polar surface area (TPSA) is 46.2 Å². The quantitative estimate of drug-likeness (QED) is 0.823. The van der Waals surface area contributed by atoms with E-state index in [4.69, 9.17) is 5.73 Å². The summed E-state index contributed by atoms with van der Waals surface area (Å²) in [6, 6.07) is 11.7. The fraction of sp³-hybridized carbons (Fsp3) is 0.143. The number of benzene rings is 2. The summed E-state index contributed by atoms with van der Waals surface area (Å²) >= 11 is 0. The van der Waals surface area contributed by atoms with Crippen molar-refractivity contribution >= 4 is 16.8 Å². The van der Waals surface area contributed by atoms with Crippen LogP contribution in [0.1, 0.15) is 12.0 Å². The number of nitrogens with two attached hydrogens (primary N) is 1. The predicted octanol–water partition coefficient (Wildman–Crippen LogP) is 2.91. The lowest BCUT2D eigenvalue weighted by atomic mass is 10.0. The van der Waals surface area contributed by atoms with E-state index in [-0.39, 0.29) is 0 Å². The van der Waals surface area contributed by atoms with Gasteiger partial charge in [0.2, 0.25) is 0 Å². The van der Waals surface area contributed by atoms with Gasteiger partial charge in [-0.15, -0.1) is 0 Å². The average Bonchev–Trinajstić information content (AvgIpc) is 2.33. The van der Waals surface area contributed by atoms with Crippen molar-refractivity contribution < 1.29 is 5.11 Å². The van der Waals surface area contributed by atoms with E-state index < -0.39 is 0 Å². The Bertz CT molecular complexity index is 517. The molecular formula is C14H15NO. The maximum atomic E-state index is 10.1. The first-order chi connectivity index (χ1) is 7.83. The third-order valence-electron chi connectivity index (χ3n) is 2.56. The summed E-state index contributed by atoms with van der Waals surface area (Å²) in [5, 5.41) is 12.0. The Morgan fingerprint density at radius 1 is 1.12 bits per heavy atom. The molecule has 2 heteroatoms. The van der Waals surface area contributed by atoms with Gasteiger partial charge in [-0.3, -0.25) is 0 Å². The Hall–Kier alpha value is -1.80. The Labute approximate surface area is 95.0 Å². The first-order valence-corrected chi connectivity index (χ1v) is 5.40. The van der Waals surface area contributed by atoms with E-state index in [1.807, 2.05) is 48.6 Å². The van der Waals surface area contributed by atoms with Crippen LogP contribution in [0, 0.1) is 0 Å². The van der Waals surface area contributed by atoms with Gasteiger partial charge in [0.05, 0.1) is 0 Å². The van der Waals surface area contributed by atoms with Crippen LogP contribution < -0.4 is 5.73 Å². The maximum absolute atomic E-state index is 10.1. The van der Waals surface area contributed by atoms with Crippen molar-refractivity contribution in [2.75, 3.05) is 6.54 Å². The Morgan fingerprint density at radius 3 is 2.75 bits per heavy atom. The van der Waals surface area contributed by atoms with E-state index in [1.54, 1.807) is 0 Å². The van der Waals surface area contributed by atoms with Crippen LogP contribution in [0.4, 0.5) is 0 Å². The molecule has 0 spiro atoms. The third kappa shape index (κ3) is 2.07. The Kier molecular flexibility index (Phi) is 3.22. The molecule has 0 aliphatic carbocycles. The highest BCUT2D eigenvalue weighted by atomic mass is 16.3. The second-order valence-electron chi connectivity index (χ2n) is 3.70. The zero-order chi connectivity index (χ0) is 11.4. The van der Waals surface area contributed by atoms with Crippen molar-refractivity contribution in [3.63, 3.8) is 0 Å². The lowest BCUT2D eigenvalue weighted by molar-refractivity contribution is 0.480. The molecule has 2 nitrogen and oxygen atoms in total. The van der Waals surface area contributed by atoms with Gasteiger partial charge in [-0.1, -0.05) is 48.6 Å². The number of hydrogen-bond donors (Lipinski definition) is 2. The van der Waals surface area contributed by atoms with Crippen molar-refractivity contribution in [1.29, 1.82) is 0 Å². The van der Waals surface area contributed by atoms with Gasteiger partial charge in [-0.25, -0.2) is 0 Å². The van der Waals surface area contributed by atoms with E-state index in [0.717, 1.165) is 22.8 Å². The molecule has 0 saturated heterocycles. The molecule has 16 heavy (non-hydrogen) atoms. The molecule has 0 saturated carbocycles. The third-order valence-corrected chi connectivity index (χ3v) is 2.56. The molecule has 2 aromatic rings. The number of phenols is 1. The highest BCUT2D eigenvalue weighted by molar-refractivity contribution is 5.91. The first-order valence-electron chi connectivity index (χ1n) is 5.40. The molecule has 2 rings (SSSR count). The van der Waals surface area contributed by atoms with Crippen LogP contribution in [0.5, 0.6) is 5.75 Å². The van der Waals surface area contributed by atoms with E-state index >= 15 is 0 Å². The van der Waals surface area contributed by atoms with Crippen molar-refractivity contribution in [3.8, 4) is 5.75 Å². The molecule has 0 aliphatic heterocycles. The molecule has 3 N–H and O–H groups in total. The second kappa shape index (κ2) is 4.81. The summed E-state index contributed by atoms with van der Waals surface area (Å²) in [5.41, 5.74) is 6.25. The zero-order valence-electron chi connectivity index (χ0n) is 9.06. The van der Waals surface area contributed by atoms with Gasteiger partial charge < -0.3 is 10.8 Å². The van der Waals surface area contributed by atoms with Gasteiger partial charge in [0.15, 0.2) is 0 Å². The fourth-order valence-corrected chi connectivity index (χ4v) is 1.71. The fourth-order valence-electron chi connectivity index (χ4n) is 1.71. The van der Waals surface area contributed by atoms with Crippen LogP contribution in [0.15, 0.2) is 42.5 Å². The molecule has 0 aliphatic rings. The first kappa shape index (κ1) is 10.7. The minimum absolute atomic E-state index is 0.339. The van der Waals surface area contributed by atoms with Crippen molar-refractivity contribution in [3.05, 3.63) is 48.0 Å². The summed E-state index contributed by atoms with van der Waals surface area (Å²) in [6.07, 6.45) is 4.71. The summed E-state index contributed by atoms with van der Waals surface area (Å²) < 4.78 is 0. The van der Waals surface area contributed by atoms with E-state index in [9.17, 15) is 5.11 Å². The van der Waals surface area contributed by atoms with Crippen molar-refractivity contribution in [2.45, 2.75) is 6.42 Å². The summed E-state index contributed by atoms with van der Waals surface area (Å²) in [6.45, 7) is 0.630. The van der Waals surface area contributed by atoms with E-state index in [1.165, 1.54) is 0 Å². The van der Waals surface area contributed by atoms with Gasteiger partial charge in [0.1, 0.15) is 5.75 Å². The molecule has 0 unspecified atom stereocenters. The molecule has 0 bridgehead atoms. The van der Waals surface area contributed by atoms with Gasteiger partial charge in [0, 0.05) is 10.9 Å². The molecule has 0 atom stereocenters. The number of hydrogen-bond acceptors (Lipinski definition) is 2. The predicted molar refractivity (Wildman–Crippen MR) is 68.3 cm³/mol. The summed E-state index contributed by atoms with van der Waals surface area (Å²) in [4.78, 5) is 0. The number of rotatable bonds is 3. The summed E-state index contributed by atoms with van der Waals surface area (Å²) in [7, 11) is 0. The van der Waals surface area contributed by atoms with Crippen molar-refractivity contribution in [2.24, 2.45) is 5.73 Å². The number of phenolic OH excluding ortho intramolecular Hbond substituents is 1. The normalized spacial score (nSPS) is 11.3. The van der Waals surface area contributed by atoms with Crippen LogP contribution in [-0.4, -0.2) is 11.7 Å². The molecule has 82 valence electrons. The molecule has 0 radical (unpaired) electrons. The molecular weight excluding hydrogens is 198 g/mol. The van der Waals surface area contributed by atoms with Crippen LogP contribution in [-0.2, 0) is 0 Å². The molecule has 2 aromatic carbocycles. The summed E-state index contributed by atoms with van der Waals surface area (Å²) in [5.74, 6) is 0.339. The van der Waals surface area contributed by atoms with Crippen LogP contribution >= 0.6 is 0 Å². The molecule has 0 fully saturated rings. The second-order valence-corrected chi connectivity index (χ2v) is 3.70. The average molecular weight is 213 g/mol. The minimum Gasteiger partial charge on any atom is -0.507 e. The van der Waals surface area contributed by atoms with Gasteiger partial charge in [-0.05, 0) is 18.4 Å². The monoisotopic (exact) mass is 213 g/mol. The van der Waals surface area contributed by atoms with Crippen LogP contribution in [0.2, 0.25) is 0 Å². The van der Waals surface area contributed by atoms with Gasteiger partial charge >= 0.3 is 0 Å². The molecule has 0 aromatic heterocycles. The SMILES string of the molecule is NCCC=Cc1ccc2ccccc2c1O. The van der Waals surface area contributed by atoms with Crippen molar-refractivity contribution in [1.82, 2.24) is 0 Å². The van der Waals surface area contributed by atoms with Crippen LogP contribution in [0.25, 0.3) is 16.8 Å². The standard InChI is InChI=1S/C14H15NO/c15-10-4-3-6-12-9-8-11-5-1-2-7-13(11)14(12)16/h1-3,5-9,16H,4,10,15H2. The maximum Gasteiger partial charge on any atom is 0.130 e. The Morgan fingerprint density at radius 2 is 1.94 bits per heavy atom. The number of aromatic hydroxyl groups is 1.